The number of carboxylic acid groups (broad SMARTS) is 1. The molecule has 2 rings (SSSR count). The Morgan fingerprint density at radius 1 is 1.25 bits per heavy atom. The van der Waals surface area contributed by atoms with Gasteiger partial charge in [-0.05, 0) is 52.1 Å². The average molecular weight is 293 g/mol. The molecule has 1 aliphatic heterocycles. The third-order valence-corrected chi connectivity index (χ3v) is 5.04. The number of carbonyl (C=O) groups is 1. The standard InChI is InChI=1S/C14H22F3NO2/c1-13(12(19)20)5-7-18(8-6-13)11-4-2-3-10(9-11)14(15,16)17/h10-11H,2-9H2,1H3,(H,19,20). The van der Waals surface area contributed by atoms with Crippen molar-refractivity contribution in [2.45, 2.75) is 57.7 Å². The number of alkyl halides is 3. The lowest BCUT2D eigenvalue weighted by molar-refractivity contribution is -0.187. The SMILES string of the molecule is CC1(C(=O)O)CCN(C2CCCC(C(F)(F)F)C2)CC1. The van der Waals surface area contributed by atoms with Gasteiger partial charge in [0.15, 0.2) is 0 Å². The summed E-state index contributed by atoms with van der Waals surface area (Å²) in [6, 6.07) is -0.0336. The number of piperidine rings is 1. The summed E-state index contributed by atoms with van der Waals surface area (Å²) in [5, 5.41) is 9.18. The van der Waals surface area contributed by atoms with Crippen LogP contribution in [0.25, 0.3) is 0 Å². The Morgan fingerprint density at radius 2 is 1.85 bits per heavy atom. The largest absolute Gasteiger partial charge is 0.481 e. The maximum absolute atomic E-state index is 12.8. The van der Waals surface area contributed by atoms with Crippen LogP contribution in [0.3, 0.4) is 0 Å². The van der Waals surface area contributed by atoms with Gasteiger partial charge >= 0.3 is 12.1 Å². The Hall–Kier alpha value is -0.780. The smallest absolute Gasteiger partial charge is 0.391 e. The molecular formula is C14H22F3NO2. The number of likely N-dealkylation sites (tertiary alicyclic amines) is 1. The van der Waals surface area contributed by atoms with Gasteiger partial charge in [0.2, 0.25) is 0 Å². The van der Waals surface area contributed by atoms with E-state index >= 15 is 0 Å². The summed E-state index contributed by atoms with van der Waals surface area (Å²) in [7, 11) is 0. The highest BCUT2D eigenvalue weighted by molar-refractivity contribution is 5.74. The average Bonchev–Trinajstić information content (AvgIpc) is 2.38. The van der Waals surface area contributed by atoms with E-state index in [2.05, 4.69) is 4.90 Å². The molecule has 0 bridgehead atoms. The summed E-state index contributed by atoms with van der Waals surface area (Å²) >= 11 is 0. The molecule has 2 fully saturated rings. The van der Waals surface area contributed by atoms with Crippen LogP contribution in [0.1, 0.15) is 45.4 Å². The van der Waals surface area contributed by atoms with Crippen LogP contribution in [0.5, 0.6) is 0 Å². The van der Waals surface area contributed by atoms with E-state index in [-0.39, 0.29) is 18.9 Å². The third kappa shape index (κ3) is 3.27. The summed E-state index contributed by atoms with van der Waals surface area (Å²) < 4.78 is 38.4. The van der Waals surface area contributed by atoms with Crippen LogP contribution in [-0.4, -0.2) is 41.3 Å². The quantitative estimate of drug-likeness (QED) is 0.849. The van der Waals surface area contributed by atoms with E-state index in [1.165, 1.54) is 0 Å². The van der Waals surface area contributed by atoms with Gasteiger partial charge in [0.05, 0.1) is 11.3 Å². The Kier molecular flexibility index (Phi) is 4.33. The van der Waals surface area contributed by atoms with E-state index in [4.69, 9.17) is 0 Å². The van der Waals surface area contributed by atoms with Crippen molar-refractivity contribution in [2.75, 3.05) is 13.1 Å². The van der Waals surface area contributed by atoms with Crippen molar-refractivity contribution in [3.63, 3.8) is 0 Å². The van der Waals surface area contributed by atoms with E-state index in [0.717, 1.165) is 6.42 Å². The lowest BCUT2D eigenvalue weighted by atomic mass is 9.78. The van der Waals surface area contributed by atoms with Gasteiger partial charge in [0.25, 0.3) is 0 Å². The topological polar surface area (TPSA) is 40.5 Å². The first-order valence-corrected chi connectivity index (χ1v) is 7.26. The molecule has 116 valence electrons. The van der Waals surface area contributed by atoms with Gasteiger partial charge in [0.1, 0.15) is 0 Å². The molecule has 1 heterocycles. The zero-order valence-corrected chi connectivity index (χ0v) is 11.7. The van der Waals surface area contributed by atoms with Crippen molar-refractivity contribution in [3.05, 3.63) is 0 Å². The van der Waals surface area contributed by atoms with Gasteiger partial charge in [-0.15, -0.1) is 0 Å². The van der Waals surface area contributed by atoms with Crippen LogP contribution in [0, 0.1) is 11.3 Å². The Labute approximate surface area is 117 Å². The van der Waals surface area contributed by atoms with Gasteiger partial charge in [-0.25, -0.2) is 0 Å². The molecule has 0 amide bonds. The Bertz CT molecular complexity index is 362. The zero-order valence-electron chi connectivity index (χ0n) is 11.7. The molecule has 2 aliphatic rings. The van der Waals surface area contributed by atoms with Gasteiger partial charge in [-0.3, -0.25) is 4.79 Å². The number of hydrogen-bond acceptors (Lipinski definition) is 2. The highest BCUT2D eigenvalue weighted by atomic mass is 19.4. The Balaban J connectivity index is 1.92. The molecule has 1 aliphatic carbocycles. The van der Waals surface area contributed by atoms with E-state index in [1.54, 1.807) is 6.92 Å². The summed E-state index contributed by atoms with van der Waals surface area (Å²) in [5.74, 6) is -1.98. The van der Waals surface area contributed by atoms with Gasteiger partial charge in [-0.2, -0.15) is 13.2 Å². The minimum Gasteiger partial charge on any atom is -0.481 e. The van der Waals surface area contributed by atoms with Gasteiger partial charge in [0, 0.05) is 6.04 Å². The second-order valence-electron chi connectivity index (χ2n) is 6.46. The molecule has 3 nitrogen and oxygen atoms in total. The summed E-state index contributed by atoms with van der Waals surface area (Å²) in [4.78, 5) is 13.2. The predicted molar refractivity (Wildman–Crippen MR) is 68.4 cm³/mol. The first-order valence-electron chi connectivity index (χ1n) is 7.26. The molecule has 1 saturated heterocycles. The molecule has 2 unspecified atom stereocenters. The number of hydrogen-bond donors (Lipinski definition) is 1. The normalized spacial score (nSPS) is 32.0. The fourth-order valence-corrected chi connectivity index (χ4v) is 3.39. The molecular weight excluding hydrogens is 271 g/mol. The molecule has 0 aromatic heterocycles. The number of rotatable bonds is 2. The van der Waals surface area contributed by atoms with Crippen LogP contribution in [-0.2, 0) is 4.79 Å². The Morgan fingerprint density at radius 3 is 2.35 bits per heavy atom. The van der Waals surface area contributed by atoms with Crippen LogP contribution in [0.2, 0.25) is 0 Å². The second kappa shape index (κ2) is 5.54. The van der Waals surface area contributed by atoms with Crippen LogP contribution >= 0.6 is 0 Å². The molecule has 2 atom stereocenters. The molecule has 1 N–H and O–H groups in total. The maximum atomic E-state index is 12.8. The second-order valence-corrected chi connectivity index (χ2v) is 6.46. The van der Waals surface area contributed by atoms with Crippen molar-refractivity contribution in [3.8, 4) is 0 Å². The highest BCUT2D eigenvalue weighted by Gasteiger charge is 2.45. The fourth-order valence-electron chi connectivity index (χ4n) is 3.39. The number of halogens is 3. The van der Waals surface area contributed by atoms with E-state index in [9.17, 15) is 23.1 Å². The first-order chi connectivity index (χ1) is 9.22. The van der Waals surface area contributed by atoms with Crippen molar-refractivity contribution >= 4 is 5.97 Å². The lowest BCUT2D eigenvalue weighted by Gasteiger charge is -2.43. The van der Waals surface area contributed by atoms with Gasteiger partial charge < -0.3 is 10.0 Å². The van der Waals surface area contributed by atoms with Gasteiger partial charge in [-0.1, -0.05) is 6.42 Å². The summed E-state index contributed by atoms with van der Waals surface area (Å²) in [6.07, 6.45) is -1.22. The number of nitrogens with zero attached hydrogens (tertiary/aromatic N) is 1. The minimum atomic E-state index is -4.09. The van der Waals surface area contributed by atoms with Crippen LogP contribution < -0.4 is 0 Å². The summed E-state index contributed by atoms with van der Waals surface area (Å²) in [6.45, 7) is 2.92. The molecule has 0 radical (unpaired) electrons. The molecule has 1 saturated carbocycles. The van der Waals surface area contributed by atoms with Crippen LogP contribution in [0.4, 0.5) is 13.2 Å². The maximum Gasteiger partial charge on any atom is 0.391 e. The van der Waals surface area contributed by atoms with Crippen molar-refractivity contribution < 1.29 is 23.1 Å². The summed E-state index contributed by atoms with van der Waals surface area (Å²) in [5.41, 5.74) is -0.714. The monoisotopic (exact) mass is 293 g/mol. The van der Waals surface area contributed by atoms with E-state index in [0.29, 0.717) is 32.4 Å². The molecule has 20 heavy (non-hydrogen) atoms. The first kappa shape index (κ1) is 15.6. The van der Waals surface area contributed by atoms with Crippen molar-refractivity contribution in [2.24, 2.45) is 11.3 Å². The van der Waals surface area contributed by atoms with Crippen molar-refractivity contribution in [1.82, 2.24) is 4.90 Å². The number of carboxylic acids is 1. The highest BCUT2D eigenvalue weighted by Crippen LogP contribution is 2.40. The van der Waals surface area contributed by atoms with E-state index in [1.807, 2.05) is 0 Å². The molecule has 6 heteroatoms. The predicted octanol–water partition coefficient (Wildman–Crippen LogP) is 3.29. The molecule has 0 aromatic carbocycles. The van der Waals surface area contributed by atoms with Crippen LogP contribution in [0.15, 0.2) is 0 Å². The molecule has 0 spiro atoms. The molecule has 0 aromatic rings. The minimum absolute atomic E-state index is 0.0336. The fraction of sp³-hybridized carbons (Fsp3) is 0.929. The zero-order chi connectivity index (χ0) is 15.0. The lowest BCUT2D eigenvalue weighted by Crippen LogP contribution is -2.49. The van der Waals surface area contributed by atoms with Crippen molar-refractivity contribution in [1.29, 1.82) is 0 Å². The third-order valence-electron chi connectivity index (χ3n) is 5.04. The number of aliphatic carboxylic acids is 1. The van der Waals surface area contributed by atoms with E-state index < -0.39 is 23.5 Å².